The van der Waals surface area contributed by atoms with Gasteiger partial charge in [-0.15, -0.1) is 0 Å². The van der Waals surface area contributed by atoms with Gasteiger partial charge < -0.3 is 19.9 Å². The van der Waals surface area contributed by atoms with Crippen LogP contribution < -0.4 is 19.9 Å². The second kappa shape index (κ2) is 6.65. The predicted octanol–water partition coefficient (Wildman–Crippen LogP) is 3.65. The van der Waals surface area contributed by atoms with E-state index in [-0.39, 0.29) is 17.4 Å². The largest absolute Gasteiger partial charge is 0.493 e. The molecular formula is C17H15N3O3. The number of anilines is 1. The number of hydrogen-bond acceptors (Lipinski definition) is 6. The van der Waals surface area contributed by atoms with Crippen molar-refractivity contribution in [1.82, 2.24) is 9.97 Å². The fourth-order valence-electron chi connectivity index (χ4n) is 1.93. The number of nitrogens with two attached hydrogens (primary N) is 1. The molecule has 3 aromatic rings. The van der Waals surface area contributed by atoms with Gasteiger partial charge in [0, 0.05) is 0 Å². The zero-order valence-corrected chi connectivity index (χ0v) is 12.5. The van der Waals surface area contributed by atoms with Crippen LogP contribution in [-0.2, 0) is 0 Å². The fourth-order valence-corrected chi connectivity index (χ4v) is 1.93. The summed E-state index contributed by atoms with van der Waals surface area (Å²) in [5.74, 6) is 2.15. The number of nitrogens with zero attached hydrogens (tertiary/aromatic N) is 2. The Morgan fingerprint density at radius 1 is 0.783 bits per heavy atom. The summed E-state index contributed by atoms with van der Waals surface area (Å²) in [6.45, 7) is 0. The molecule has 0 amide bonds. The van der Waals surface area contributed by atoms with Crippen LogP contribution in [0, 0.1) is 0 Å². The summed E-state index contributed by atoms with van der Waals surface area (Å²) in [5.41, 5.74) is 6.27. The van der Waals surface area contributed by atoms with Crippen LogP contribution in [0.5, 0.6) is 29.0 Å². The van der Waals surface area contributed by atoms with Gasteiger partial charge in [0.15, 0.2) is 17.2 Å². The topological polar surface area (TPSA) is 79.5 Å². The Kier molecular flexibility index (Phi) is 4.24. The minimum atomic E-state index is 0.204. The third-order valence-corrected chi connectivity index (χ3v) is 3.04. The zero-order valence-electron chi connectivity index (χ0n) is 12.5. The second-order valence-corrected chi connectivity index (χ2v) is 4.57. The van der Waals surface area contributed by atoms with Crippen molar-refractivity contribution < 1.29 is 14.2 Å². The van der Waals surface area contributed by atoms with E-state index < -0.39 is 0 Å². The van der Waals surface area contributed by atoms with Gasteiger partial charge in [-0.25, -0.2) is 0 Å². The standard InChI is InChI=1S/C17H15N3O3/c1-21-13-9-5-6-10-14(13)23-17-15(18)16(19-11-20-17)22-12-7-3-2-4-8-12/h2-11H,18H2,1H3. The lowest BCUT2D eigenvalue weighted by atomic mass is 10.3. The minimum absolute atomic E-state index is 0.204. The van der Waals surface area contributed by atoms with Crippen LogP contribution >= 0.6 is 0 Å². The van der Waals surface area contributed by atoms with E-state index in [0.717, 1.165) is 0 Å². The lowest BCUT2D eigenvalue weighted by molar-refractivity contribution is 0.373. The van der Waals surface area contributed by atoms with Crippen molar-refractivity contribution in [2.45, 2.75) is 0 Å². The third-order valence-electron chi connectivity index (χ3n) is 3.04. The molecule has 116 valence electrons. The molecular weight excluding hydrogens is 294 g/mol. The Morgan fingerprint density at radius 3 is 2.09 bits per heavy atom. The van der Waals surface area contributed by atoms with Gasteiger partial charge in [-0.1, -0.05) is 30.3 Å². The molecule has 1 heterocycles. The van der Waals surface area contributed by atoms with Crippen molar-refractivity contribution in [1.29, 1.82) is 0 Å². The average Bonchev–Trinajstić information content (AvgIpc) is 2.60. The number of para-hydroxylation sites is 3. The first kappa shape index (κ1) is 14.6. The van der Waals surface area contributed by atoms with Gasteiger partial charge in [0.1, 0.15) is 12.1 Å². The number of benzene rings is 2. The van der Waals surface area contributed by atoms with Crippen molar-refractivity contribution in [2.75, 3.05) is 12.8 Å². The van der Waals surface area contributed by atoms with Crippen molar-refractivity contribution in [2.24, 2.45) is 0 Å². The molecule has 0 unspecified atom stereocenters. The van der Waals surface area contributed by atoms with E-state index in [4.69, 9.17) is 19.9 Å². The number of rotatable bonds is 5. The monoisotopic (exact) mass is 309 g/mol. The van der Waals surface area contributed by atoms with Crippen molar-refractivity contribution in [3.05, 3.63) is 60.9 Å². The molecule has 2 aromatic carbocycles. The molecule has 6 heteroatoms. The Morgan fingerprint density at radius 2 is 1.39 bits per heavy atom. The van der Waals surface area contributed by atoms with Crippen LogP contribution in [0.3, 0.4) is 0 Å². The highest BCUT2D eigenvalue weighted by Crippen LogP contribution is 2.36. The summed E-state index contributed by atoms with van der Waals surface area (Å²) < 4.78 is 16.6. The number of nitrogen functional groups attached to an aromatic ring is 1. The number of hydrogen-bond donors (Lipinski definition) is 1. The van der Waals surface area contributed by atoms with Crippen molar-refractivity contribution >= 4 is 5.69 Å². The Labute approximate surface area is 133 Å². The molecule has 0 aliphatic carbocycles. The maximum atomic E-state index is 6.05. The first-order chi connectivity index (χ1) is 11.3. The lowest BCUT2D eigenvalue weighted by Crippen LogP contribution is -2.01. The highest BCUT2D eigenvalue weighted by Gasteiger charge is 2.14. The Hall–Kier alpha value is -3.28. The van der Waals surface area contributed by atoms with Crippen LogP contribution in [0.2, 0.25) is 0 Å². The first-order valence-electron chi connectivity index (χ1n) is 6.92. The third kappa shape index (κ3) is 3.32. The van der Waals surface area contributed by atoms with Gasteiger partial charge in [0.25, 0.3) is 0 Å². The molecule has 1 aromatic heterocycles. The molecule has 0 saturated heterocycles. The van der Waals surface area contributed by atoms with Crippen LogP contribution in [0.4, 0.5) is 5.69 Å². The summed E-state index contributed by atoms with van der Waals surface area (Å²) in [6, 6.07) is 16.5. The summed E-state index contributed by atoms with van der Waals surface area (Å²) in [4.78, 5) is 8.11. The molecule has 23 heavy (non-hydrogen) atoms. The normalized spacial score (nSPS) is 10.1. The van der Waals surface area contributed by atoms with E-state index in [9.17, 15) is 0 Å². The molecule has 0 aliphatic heterocycles. The fraction of sp³-hybridized carbons (Fsp3) is 0.0588. The number of methoxy groups -OCH3 is 1. The maximum Gasteiger partial charge on any atom is 0.250 e. The van der Waals surface area contributed by atoms with Crippen LogP contribution in [0.15, 0.2) is 60.9 Å². The highest BCUT2D eigenvalue weighted by atomic mass is 16.5. The number of aromatic nitrogens is 2. The van der Waals surface area contributed by atoms with E-state index in [1.54, 1.807) is 19.2 Å². The zero-order chi connectivity index (χ0) is 16.1. The first-order valence-corrected chi connectivity index (χ1v) is 6.92. The molecule has 6 nitrogen and oxygen atoms in total. The molecule has 0 bridgehead atoms. The van der Waals surface area contributed by atoms with Gasteiger partial charge >= 0.3 is 0 Å². The average molecular weight is 309 g/mol. The maximum absolute atomic E-state index is 6.05. The molecule has 0 aliphatic rings. The second-order valence-electron chi connectivity index (χ2n) is 4.57. The van der Waals surface area contributed by atoms with Gasteiger partial charge in [-0.05, 0) is 24.3 Å². The molecule has 3 rings (SSSR count). The Balaban J connectivity index is 1.88. The van der Waals surface area contributed by atoms with E-state index in [0.29, 0.717) is 17.2 Å². The molecule has 0 atom stereocenters. The van der Waals surface area contributed by atoms with Gasteiger partial charge in [-0.3, -0.25) is 0 Å². The SMILES string of the molecule is COc1ccccc1Oc1ncnc(Oc2ccccc2)c1N. The smallest absolute Gasteiger partial charge is 0.250 e. The van der Waals surface area contributed by atoms with Crippen LogP contribution in [0.1, 0.15) is 0 Å². The summed E-state index contributed by atoms with van der Waals surface area (Å²) >= 11 is 0. The summed E-state index contributed by atoms with van der Waals surface area (Å²) in [6.07, 6.45) is 1.33. The highest BCUT2D eigenvalue weighted by molar-refractivity contribution is 5.58. The van der Waals surface area contributed by atoms with E-state index in [1.807, 2.05) is 42.5 Å². The molecule has 0 spiro atoms. The van der Waals surface area contributed by atoms with Crippen LogP contribution in [0.25, 0.3) is 0 Å². The van der Waals surface area contributed by atoms with Gasteiger partial charge in [0.2, 0.25) is 11.8 Å². The summed E-state index contributed by atoms with van der Waals surface area (Å²) in [5, 5.41) is 0. The molecule has 0 fully saturated rings. The van der Waals surface area contributed by atoms with Crippen molar-refractivity contribution in [3.63, 3.8) is 0 Å². The minimum Gasteiger partial charge on any atom is -0.493 e. The number of ether oxygens (including phenoxy) is 3. The van der Waals surface area contributed by atoms with Crippen LogP contribution in [-0.4, -0.2) is 17.1 Å². The van der Waals surface area contributed by atoms with Gasteiger partial charge in [0.05, 0.1) is 7.11 Å². The molecule has 2 N–H and O–H groups in total. The predicted molar refractivity (Wildman–Crippen MR) is 86.0 cm³/mol. The quantitative estimate of drug-likeness (QED) is 0.775. The van der Waals surface area contributed by atoms with E-state index in [1.165, 1.54) is 6.33 Å². The lowest BCUT2D eigenvalue weighted by Gasteiger charge is -2.12. The molecule has 0 radical (unpaired) electrons. The Bertz CT molecular complexity index is 794. The van der Waals surface area contributed by atoms with E-state index in [2.05, 4.69) is 9.97 Å². The summed E-state index contributed by atoms with van der Waals surface area (Å²) in [7, 11) is 1.56. The van der Waals surface area contributed by atoms with E-state index >= 15 is 0 Å². The van der Waals surface area contributed by atoms with Crippen molar-refractivity contribution in [3.8, 4) is 29.0 Å². The van der Waals surface area contributed by atoms with Gasteiger partial charge in [-0.2, -0.15) is 9.97 Å². The molecule has 0 saturated carbocycles.